The fourth-order valence-electron chi connectivity index (χ4n) is 1.56. The van der Waals surface area contributed by atoms with Gasteiger partial charge in [-0.25, -0.2) is 4.98 Å². The van der Waals surface area contributed by atoms with Gasteiger partial charge in [-0.15, -0.1) is 0 Å². The van der Waals surface area contributed by atoms with Gasteiger partial charge in [0.2, 0.25) is 0 Å². The minimum absolute atomic E-state index is 0.289. The number of ether oxygens (including phenoxy) is 1. The average molecular weight is 239 g/mol. The van der Waals surface area contributed by atoms with Crippen molar-refractivity contribution in [3.05, 3.63) is 53.9 Å². The lowest BCUT2D eigenvalue weighted by atomic mass is 10.2. The number of nitrogens with zero attached hydrogens (tertiary/aromatic N) is 2. The number of hydrogen-bond acceptors (Lipinski definition) is 4. The molecule has 0 aliphatic carbocycles. The minimum Gasteiger partial charge on any atom is -0.454 e. The highest BCUT2D eigenvalue weighted by molar-refractivity contribution is 5.40. The highest BCUT2D eigenvalue weighted by atomic mass is 16.5. The lowest BCUT2D eigenvalue weighted by molar-refractivity contribution is 0.478. The monoisotopic (exact) mass is 239 g/mol. The van der Waals surface area contributed by atoms with Gasteiger partial charge in [0.05, 0.1) is 0 Å². The Morgan fingerprint density at radius 3 is 2.72 bits per heavy atom. The third-order valence-electron chi connectivity index (χ3n) is 2.41. The highest BCUT2D eigenvalue weighted by Gasteiger charge is 2.04. The highest BCUT2D eigenvalue weighted by Crippen LogP contribution is 2.23. The van der Waals surface area contributed by atoms with Crippen molar-refractivity contribution in [2.24, 2.45) is 0 Å². The number of rotatable bonds is 4. The van der Waals surface area contributed by atoms with E-state index in [0.29, 0.717) is 11.5 Å². The molecule has 2 rings (SSSR count). The first-order valence-corrected chi connectivity index (χ1v) is 5.60. The van der Waals surface area contributed by atoms with Gasteiger partial charge in [-0.3, -0.25) is 0 Å². The maximum Gasteiger partial charge on any atom is 0.183 e. The zero-order chi connectivity index (χ0) is 12.8. The second-order valence-corrected chi connectivity index (χ2v) is 3.74. The molecular formula is C14H13N3O. The van der Waals surface area contributed by atoms with E-state index < -0.39 is 0 Å². The molecule has 0 aliphatic rings. The first-order valence-electron chi connectivity index (χ1n) is 5.60. The van der Waals surface area contributed by atoms with E-state index in [0.717, 1.165) is 6.54 Å². The normalized spacial score (nSPS) is 9.78. The quantitative estimate of drug-likeness (QED) is 0.890. The van der Waals surface area contributed by atoms with Crippen LogP contribution in [0.15, 0.2) is 42.6 Å². The molecule has 0 spiro atoms. The van der Waals surface area contributed by atoms with E-state index >= 15 is 0 Å². The second-order valence-electron chi connectivity index (χ2n) is 3.74. The summed E-state index contributed by atoms with van der Waals surface area (Å²) in [5.41, 5.74) is 1.47. The van der Waals surface area contributed by atoms with Gasteiger partial charge in [0.1, 0.15) is 11.8 Å². The van der Waals surface area contributed by atoms with Gasteiger partial charge in [-0.1, -0.05) is 12.1 Å². The van der Waals surface area contributed by atoms with E-state index in [1.54, 1.807) is 18.3 Å². The predicted molar refractivity (Wildman–Crippen MR) is 68.2 cm³/mol. The summed E-state index contributed by atoms with van der Waals surface area (Å²) in [4.78, 5) is 3.94. The summed E-state index contributed by atoms with van der Waals surface area (Å²) in [7, 11) is 1.90. The number of aromatic nitrogens is 1. The number of nitriles is 1. The fourth-order valence-corrected chi connectivity index (χ4v) is 1.56. The Labute approximate surface area is 106 Å². The molecule has 2 aromatic rings. The van der Waals surface area contributed by atoms with Crippen LogP contribution in [0.5, 0.6) is 11.5 Å². The summed E-state index contributed by atoms with van der Waals surface area (Å²) < 4.78 is 5.63. The Morgan fingerprint density at radius 1 is 1.28 bits per heavy atom. The van der Waals surface area contributed by atoms with Crippen LogP contribution in [0.3, 0.4) is 0 Å². The molecule has 1 aromatic carbocycles. The SMILES string of the molecule is CNCc1ccc(Oc2cccnc2C#N)cc1. The Morgan fingerprint density at radius 2 is 2.06 bits per heavy atom. The summed E-state index contributed by atoms with van der Waals surface area (Å²) in [6.07, 6.45) is 1.57. The topological polar surface area (TPSA) is 57.9 Å². The van der Waals surface area contributed by atoms with Crippen LogP contribution in [0.1, 0.15) is 11.3 Å². The summed E-state index contributed by atoms with van der Waals surface area (Å²) in [5.74, 6) is 1.17. The Balaban J connectivity index is 2.16. The van der Waals surface area contributed by atoms with E-state index in [1.165, 1.54) is 5.56 Å². The molecule has 4 nitrogen and oxygen atoms in total. The van der Waals surface area contributed by atoms with Crippen LogP contribution < -0.4 is 10.1 Å². The van der Waals surface area contributed by atoms with Crippen LogP contribution in [0.4, 0.5) is 0 Å². The third-order valence-corrected chi connectivity index (χ3v) is 2.41. The lowest BCUT2D eigenvalue weighted by Crippen LogP contribution is -2.04. The molecule has 1 aromatic heterocycles. The molecule has 0 atom stereocenters. The van der Waals surface area contributed by atoms with Crippen LogP contribution in [-0.4, -0.2) is 12.0 Å². The average Bonchev–Trinajstić information content (AvgIpc) is 2.42. The molecule has 0 radical (unpaired) electrons. The predicted octanol–water partition coefficient (Wildman–Crippen LogP) is 2.46. The molecule has 0 fully saturated rings. The molecule has 0 amide bonds. The van der Waals surface area contributed by atoms with Crippen LogP contribution >= 0.6 is 0 Å². The van der Waals surface area contributed by atoms with Crippen molar-refractivity contribution in [1.29, 1.82) is 5.26 Å². The Bertz CT molecular complexity index is 558. The van der Waals surface area contributed by atoms with Crippen molar-refractivity contribution in [1.82, 2.24) is 10.3 Å². The zero-order valence-electron chi connectivity index (χ0n) is 10.1. The molecule has 1 N–H and O–H groups in total. The standard InChI is InChI=1S/C14H13N3O/c1-16-10-11-4-6-12(7-5-11)18-14-3-2-8-17-13(14)9-15/h2-8,16H,10H2,1H3. The molecule has 0 saturated heterocycles. The van der Waals surface area contributed by atoms with E-state index in [4.69, 9.17) is 10.00 Å². The fraction of sp³-hybridized carbons (Fsp3) is 0.143. The summed E-state index contributed by atoms with van der Waals surface area (Å²) in [6, 6.07) is 13.2. The first kappa shape index (κ1) is 12.1. The van der Waals surface area contributed by atoms with Crippen LogP contribution in [0.2, 0.25) is 0 Å². The number of pyridine rings is 1. The Kier molecular flexibility index (Phi) is 3.90. The van der Waals surface area contributed by atoms with Crippen molar-refractivity contribution in [3.63, 3.8) is 0 Å². The van der Waals surface area contributed by atoms with E-state index in [2.05, 4.69) is 10.3 Å². The largest absolute Gasteiger partial charge is 0.454 e. The van der Waals surface area contributed by atoms with Gasteiger partial charge >= 0.3 is 0 Å². The molecule has 18 heavy (non-hydrogen) atoms. The maximum atomic E-state index is 8.91. The molecule has 0 unspecified atom stereocenters. The van der Waals surface area contributed by atoms with Gasteiger partial charge in [-0.2, -0.15) is 5.26 Å². The van der Waals surface area contributed by atoms with Crippen molar-refractivity contribution in [3.8, 4) is 17.6 Å². The van der Waals surface area contributed by atoms with E-state index in [1.807, 2.05) is 37.4 Å². The third kappa shape index (κ3) is 2.84. The summed E-state index contributed by atoms with van der Waals surface area (Å²) in [6.45, 7) is 0.816. The lowest BCUT2D eigenvalue weighted by Gasteiger charge is -2.07. The van der Waals surface area contributed by atoms with Gasteiger partial charge in [0.25, 0.3) is 0 Å². The van der Waals surface area contributed by atoms with Crippen molar-refractivity contribution in [2.75, 3.05) is 7.05 Å². The molecule has 0 aliphatic heterocycles. The maximum absolute atomic E-state index is 8.91. The molecule has 0 saturated carbocycles. The van der Waals surface area contributed by atoms with Crippen molar-refractivity contribution < 1.29 is 4.74 Å². The first-order chi connectivity index (χ1) is 8.83. The van der Waals surface area contributed by atoms with Crippen LogP contribution in [-0.2, 0) is 6.54 Å². The molecular weight excluding hydrogens is 226 g/mol. The molecule has 1 heterocycles. The molecule has 0 bridgehead atoms. The van der Waals surface area contributed by atoms with Crippen LogP contribution in [0, 0.1) is 11.3 Å². The summed E-state index contributed by atoms with van der Waals surface area (Å²) >= 11 is 0. The van der Waals surface area contributed by atoms with Gasteiger partial charge in [0, 0.05) is 12.7 Å². The summed E-state index contributed by atoms with van der Waals surface area (Å²) in [5, 5.41) is 12.0. The second kappa shape index (κ2) is 5.80. The number of benzene rings is 1. The number of nitrogens with one attached hydrogen (secondary N) is 1. The zero-order valence-corrected chi connectivity index (χ0v) is 10.1. The van der Waals surface area contributed by atoms with Gasteiger partial charge in [-0.05, 0) is 36.9 Å². The van der Waals surface area contributed by atoms with E-state index in [-0.39, 0.29) is 5.69 Å². The van der Waals surface area contributed by atoms with E-state index in [9.17, 15) is 0 Å². The minimum atomic E-state index is 0.289. The number of hydrogen-bond donors (Lipinski definition) is 1. The Hall–Kier alpha value is -2.38. The van der Waals surface area contributed by atoms with Crippen molar-refractivity contribution >= 4 is 0 Å². The van der Waals surface area contributed by atoms with Gasteiger partial charge in [0.15, 0.2) is 11.4 Å². The molecule has 90 valence electrons. The van der Waals surface area contributed by atoms with Crippen LogP contribution in [0.25, 0.3) is 0 Å². The van der Waals surface area contributed by atoms with Crippen molar-refractivity contribution in [2.45, 2.75) is 6.54 Å². The smallest absolute Gasteiger partial charge is 0.183 e. The van der Waals surface area contributed by atoms with Gasteiger partial charge < -0.3 is 10.1 Å². The molecule has 4 heteroatoms.